The van der Waals surface area contributed by atoms with Crippen molar-refractivity contribution in [3.63, 3.8) is 0 Å². The van der Waals surface area contributed by atoms with E-state index in [9.17, 15) is 9.59 Å². The molecule has 1 aliphatic heterocycles. The van der Waals surface area contributed by atoms with E-state index in [4.69, 9.17) is 5.73 Å². The summed E-state index contributed by atoms with van der Waals surface area (Å²) >= 11 is 0. The lowest BCUT2D eigenvalue weighted by atomic mass is 10.1. The van der Waals surface area contributed by atoms with E-state index >= 15 is 0 Å². The normalized spacial score (nSPS) is 13.8. The average Bonchev–Trinajstić information content (AvgIpc) is 2.45. The molecular weight excluding hydrogens is 256 g/mol. The fourth-order valence-electron chi connectivity index (χ4n) is 2.44. The molecule has 1 heterocycles. The number of hydrogen-bond acceptors (Lipinski definition) is 3. The summed E-state index contributed by atoms with van der Waals surface area (Å²) in [5.41, 5.74) is 7.00. The smallest absolute Gasteiger partial charge is 0.312 e. The van der Waals surface area contributed by atoms with Crippen molar-refractivity contribution in [1.82, 2.24) is 5.32 Å². The Morgan fingerprint density at radius 1 is 1.25 bits per heavy atom. The van der Waals surface area contributed by atoms with Crippen LogP contribution in [0.3, 0.4) is 0 Å². The third kappa shape index (κ3) is 3.01. The first kappa shape index (κ1) is 14.2. The molecule has 1 aliphatic rings. The standard InChI is InChI=1S/C14H20N4O2/c1-2-17-9-10-18(12-6-4-3-5-11(12)17)13(19)7-8-16-14(15)20/h3-6H,2,7-10H2,1H3,(H3,15,16,20). The molecule has 0 unspecified atom stereocenters. The molecule has 6 heteroatoms. The van der Waals surface area contributed by atoms with E-state index in [1.807, 2.05) is 24.3 Å². The Hall–Kier alpha value is -2.24. The van der Waals surface area contributed by atoms with Crippen molar-refractivity contribution >= 4 is 23.3 Å². The highest BCUT2D eigenvalue weighted by Gasteiger charge is 2.25. The molecule has 1 aromatic carbocycles. The van der Waals surface area contributed by atoms with Gasteiger partial charge in [-0.3, -0.25) is 4.79 Å². The van der Waals surface area contributed by atoms with Gasteiger partial charge in [0.15, 0.2) is 0 Å². The number of likely N-dealkylation sites (N-methyl/N-ethyl adjacent to an activating group) is 1. The summed E-state index contributed by atoms with van der Waals surface area (Å²) < 4.78 is 0. The van der Waals surface area contributed by atoms with Crippen LogP contribution >= 0.6 is 0 Å². The molecule has 0 aromatic heterocycles. The van der Waals surface area contributed by atoms with Gasteiger partial charge in [-0.15, -0.1) is 0 Å². The highest BCUT2D eigenvalue weighted by molar-refractivity contribution is 5.98. The van der Waals surface area contributed by atoms with Crippen LogP contribution in [0.1, 0.15) is 13.3 Å². The van der Waals surface area contributed by atoms with Gasteiger partial charge in [-0.25, -0.2) is 4.79 Å². The van der Waals surface area contributed by atoms with Crippen molar-refractivity contribution in [1.29, 1.82) is 0 Å². The van der Waals surface area contributed by atoms with Gasteiger partial charge in [-0.1, -0.05) is 12.1 Å². The van der Waals surface area contributed by atoms with Gasteiger partial charge >= 0.3 is 6.03 Å². The van der Waals surface area contributed by atoms with Gasteiger partial charge in [0.2, 0.25) is 5.91 Å². The molecule has 0 saturated carbocycles. The third-order valence-corrected chi connectivity index (χ3v) is 3.43. The van der Waals surface area contributed by atoms with E-state index in [1.54, 1.807) is 4.90 Å². The maximum absolute atomic E-state index is 12.3. The van der Waals surface area contributed by atoms with Crippen molar-refractivity contribution in [2.75, 3.05) is 36.0 Å². The third-order valence-electron chi connectivity index (χ3n) is 3.43. The minimum Gasteiger partial charge on any atom is -0.368 e. The summed E-state index contributed by atoms with van der Waals surface area (Å²) in [5.74, 6) is 0.00181. The topological polar surface area (TPSA) is 78.7 Å². The first-order valence-corrected chi connectivity index (χ1v) is 6.81. The average molecular weight is 276 g/mol. The van der Waals surface area contributed by atoms with Gasteiger partial charge in [-0.05, 0) is 19.1 Å². The van der Waals surface area contributed by atoms with Gasteiger partial charge in [0.25, 0.3) is 0 Å². The maximum Gasteiger partial charge on any atom is 0.312 e. The van der Waals surface area contributed by atoms with Crippen LogP contribution in [0, 0.1) is 0 Å². The second-order valence-corrected chi connectivity index (χ2v) is 4.65. The molecule has 0 radical (unpaired) electrons. The lowest BCUT2D eigenvalue weighted by Gasteiger charge is -2.37. The fraction of sp³-hybridized carbons (Fsp3) is 0.429. The first-order chi connectivity index (χ1) is 9.63. The predicted molar refractivity (Wildman–Crippen MR) is 78.9 cm³/mol. The lowest BCUT2D eigenvalue weighted by molar-refractivity contribution is -0.118. The van der Waals surface area contributed by atoms with Crippen LogP contribution in [0.4, 0.5) is 16.2 Å². The summed E-state index contributed by atoms with van der Waals surface area (Å²) in [7, 11) is 0. The van der Waals surface area contributed by atoms with Crippen molar-refractivity contribution in [3.8, 4) is 0 Å². The molecule has 0 bridgehead atoms. The molecule has 3 amide bonds. The number of amides is 3. The van der Waals surface area contributed by atoms with E-state index in [0.29, 0.717) is 6.54 Å². The number of benzene rings is 1. The molecule has 108 valence electrons. The number of nitrogens with one attached hydrogen (secondary N) is 1. The number of para-hydroxylation sites is 2. The quantitative estimate of drug-likeness (QED) is 0.858. The molecule has 0 atom stereocenters. The predicted octanol–water partition coefficient (Wildman–Crippen LogP) is 0.918. The van der Waals surface area contributed by atoms with Crippen molar-refractivity contribution in [3.05, 3.63) is 24.3 Å². The molecule has 20 heavy (non-hydrogen) atoms. The van der Waals surface area contributed by atoms with Crippen molar-refractivity contribution < 1.29 is 9.59 Å². The Morgan fingerprint density at radius 3 is 2.60 bits per heavy atom. The van der Waals surface area contributed by atoms with Crippen molar-refractivity contribution in [2.24, 2.45) is 5.73 Å². The number of anilines is 2. The zero-order valence-electron chi connectivity index (χ0n) is 11.6. The Morgan fingerprint density at radius 2 is 1.95 bits per heavy atom. The van der Waals surface area contributed by atoms with Gasteiger partial charge in [0.1, 0.15) is 0 Å². The van der Waals surface area contributed by atoms with Crippen LogP contribution in [0.5, 0.6) is 0 Å². The van der Waals surface area contributed by atoms with E-state index in [0.717, 1.165) is 24.5 Å². The molecule has 3 N–H and O–H groups in total. The lowest BCUT2D eigenvalue weighted by Crippen LogP contribution is -2.45. The van der Waals surface area contributed by atoms with Gasteiger partial charge in [0, 0.05) is 32.6 Å². The van der Waals surface area contributed by atoms with Gasteiger partial charge < -0.3 is 20.9 Å². The molecule has 0 spiro atoms. The number of nitrogens with zero attached hydrogens (tertiary/aromatic N) is 2. The molecule has 1 aromatic rings. The summed E-state index contributed by atoms with van der Waals surface area (Å²) in [4.78, 5) is 26.9. The number of hydrogen-bond donors (Lipinski definition) is 2. The Bertz CT molecular complexity index is 504. The molecule has 0 saturated heterocycles. The number of fused-ring (bicyclic) bond motifs is 1. The molecule has 2 rings (SSSR count). The molecule has 6 nitrogen and oxygen atoms in total. The molecule has 0 aliphatic carbocycles. The number of nitrogens with two attached hydrogens (primary N) is 1. The van der Waals surface area contributed by atoms with Gasteiger partial charge in [0.05, 0.1) is 11.4 Å². The Labute approximate surface area is 118 Å². The van der Waals surface area contributed by atoms with Crippen LogP contribution in [-0.4, -0.2) is 38.1 Å². The van der Waals surface area contributed by atoms with E-state index < -0.39 is 6.03 Å². The second kappa shape index (κ2) is 6.27. The second-order valence-electron chi connectivity index (χ2n) is 4.65. The summed E-state index contributed by atoms with van der Waals surface area (Å²) in [6, 6.07) is 7.29. The highest BCUT2D eigenvalue weighted by atomic mass is 16.2. The van der Waals surface area contributed by atoms with Crippen LogP contribution in [0.2, 0.25) is 0 Å². The molecule has 0 fully saturated rings. The van der Waals surface area contributed by atoms with Crippen LogP contribution in [-0.2, 0) is 4.79 Å². The zero-order chi connectivity index (χ0) is 14.5. The van der Waals surface area contributed by atoms with Crippen LogP contribution in [0.25, 0.3) is 0 Å². The number of primary amides is 1. The number of rotatable bonds is 4. The minimum absolute atomic E-state index is 0.00181. The molecular formula is C14H20N4O2. The highest BCUT2D eigenvalue weighted by Crippen LogP contribution is 2.32. The van der Waals surface area contributed by atoms with E-state index in [1.165, 1.54) is 0 Å². The zero-order valence-corrected chi connectivity index (χ0v) is 11.6. The maximum atomic E-state index is 12.3. The minimum atomic E-state index is -0.603. The number of carbonyl (C=O) groups excluding carboxylic acids is 2. The van der Waals surface area contributed by atoms with Crippen molar-refractivity contribution in [2.45, 2.75) is 13.3 Å². The number of carbonyl (C=O) groups is 2. The van der Waals surface area contributed by atoms with E-state index in [-0.39, 0.29) is 18.9 Å². The van der Waals surface area contributed by atoms with E-state index in [2.05, 4.69) is 17.1 Å². The summed E-state index contributed by atoms with van der Waals surface area (Å²) in [6.07, 6.45) is 0.253. The largest absolute Gasteiger partial charge is 0.368 e. The SMILES string of the molecule is CCN1CCN(C(=O)CCNC(N)=O)c2ccccc21. The Kier molecular flexibility index (Phi) is 4.45. The van der Waals surface area contributed by atoms with Crippen LogP contribution in [0.15, 0.2) is 24.3 Å². The summed E-state index contributed by atoms with van der Waals surface area (Å²) in [5, 5.41) is 2.44. The monoisotopic (exact) mass is 276 g/mol. The van der Waals surface area contributed by atoms with Crippen LogP contribution < -0.4 is 20.9 Å². The van der Waals surface area contributed by atoms with Gasteiger partial charge in [-0.2, -0.15) is 0 Å². The Balaban J connectivity index is 2.09. The number of urea groups is 1. The first-order valence-electron chi connectivity index (χ1n) is 6.81. The summed E-state index contributed by atoms with van der Waals surface area (Å²) in [6.45, 7) is 4.78. The fourth-order valence-corrected chi connectivity index (χ4v) is 2.44.